The summed E-state index contributed by atoms with van der Waals surface area (Å²) in [7, 11) is 0. The van der Waals surface area contributed by atoms with Crippen molar-refractivity contribution in [2.75, 3.05) is 0 Å². The second-order valence-electron chi connectivity index (χ2n) is 5.20. The number of halogens is 1. The van der Waals surface area contributed by atoms with Gasteiger partial charge < -0.3 is 10.1 Å². The minimum absolute atomic E-state index is 0.0984. The van der Waals surface area contributed by atoms with Crippen LogP contribution in [0.5, 0.6) is 5.75 Å². The number of ether oxygens (including phenoxy) is 1. The topological polar surface area (TPSA) is 38.3 Å². The Labute approximate surface area is 128 Å². The van der Waals surface area contributed by atoms with E-state index in [1.807, 2.05) is 55.5 Å². The minimum Gasteiger partial charge on any atom is -0.480 e. The lowest BCUT2D eigenvalue weighted by Gasteiger charge is -2.17. The third kappa shape index (κ3) is 3.03. The number of fused-ring (bicyclic) bond motifs is 1. The van der Waals surface area contributed by atoms with Gasteiger partial charge in [-0.25, -0.2) is 0 Å². The zero-order chi connectivity index (χ0) is 14.8. The molecule has 21 heavy (non-hydrogen) atoms. The van der Waals surface area contributed by atoms with Crippen molar-refractivity contribution in [2.45, 2.75) is 25.5 Å². The molecular weight excluding hydrogens is 286 g/mol. The summed E-state index contributed by atoms with van der Waals surface area (Å²) in [5.74, 6) is 0.701. The van der Waals surface area contributed by atoms with Gasteiger partial charge >= 0.3 is 0 Å². The Morgan fingerprint density at radius 2 is 2.10 bits per heavy atom. The molecule has 0 spiro atoms. The van der Waals surface area contributed by atoms with Crippen LogP contribution in [-0.4, -0.2) is 12.0 Å². The van der Waals surface area contributed by atoms with E-state index in [-0.39, 0.29) is 11.9 Å². The van der Waals surface area contributed by atoms with E-state index in [1.54, 1.807) is 0 Å². The Morgan fingerprint density at radius 3 is 2.86 bits per heavy atom. The van der Waals surface area contributed by atoms with E-state index in [2.05, 4.69) is 5.32 Å². The first kappa shape index (κ1) is 14.0. The molecule has 0 aromatic heterocycles. The van der Waals surface area contributed by atoms with Gasteiger partial charge in [0.2, 0.25) is 0 Å². The first-order chi connectivity index (χ1) is 10.1. The van der Waals surface area contributed by atoms with Crippen LogP contribution in [0.4, 0.5) is 0 Å². The van der Waals surface area contributed by atoms with E-state index in [4.69, 9.17) is 16.3 Å². The van der Waals surface area contributed by atoms with Crippen LogP contribution >= 0.6 is 11.6 Å². The first-order valence-electron chi connectivity index (χ1n) is 6.94. The number of carbonyl (C=O) groups is 1. The smallest absolute Gasteiger partial charge is 0.261 e. The van der Waals surface area contributed by atoms with Gasteiger partial charge in [0.05, 0.1) is 6.04 Å². The number of hydrogen-bond acceptors (Lipinski definition) is 2. The average molecular weight is 302 g/mol. The molecule has 3 nitrogen and oxygen atoms in total. The molecule has 108 valence electrons. The van der Waals surface area contributed by atoms with Gasteiger partial charge in [-0.1, -0.05) is 41.9 Å². The van der Waals surface area contributed by atoms with Crippen LogP contribution in [0.15, 0.2) is 48.5 Å². The Bertz CT molecular complexity index is 646. The summed E-state index contributed by atoms with van der Waals surface area (Å²) in [5, 5.41) is 3.64. The van der Waals surface area contributed by atoms with Gasteiger partial charge in [0.25, 0.3) is 5.91 Å². The fourth-order valence-corrected chi connectivity index (χ4v) is 2.69. The van der Waals surface area contributed by atoms with Crippen molar-refractivity contribution >= 4 is 17.5 Å². The highest BCUT2D eigenvalue weighted by molar-refractivity contribution is 6.30. The molecule has 0 bridgehead atoms. The predicted octanol–water partition coefficient (Wildman–Crippen LogP) is 3.52. The van der Waals surface area contributed by atoms with Crippen LogP contribution in [-0.2, 0) is 11.2 Å². The average Bonchev–Trinajstić information content (AvgIpc) is 2.91. The highest BCUT2D eigenvalue weighted by Gasteiger charge is 2.29. The van der Waals surface area contributed by atoms with Crippen LogP contribution in [0.2, 0.25) is 5.02 Å². The van der Waals surface area contributed by atoms with Gasteiger partial charge in [-0.05, 0) is 36.2 Å². The predicted molar refractivity (Wildman–Crippen MR) is 82.6 cm³/mol. The number of hydrogen-bond donors (Lipinski definition) is 1. The van der Waals surface area contributed by atoms with Crippen molar-refractivity contribution in [3.63, 3.8) is 0 Å². The zero-order valence-corrected chi connectivity index (χ0v) is 12.4. The molecule has 1 aliphatic heterocycles. The summed E-state index contributed by atoms with van der Waals surface area (Å²) in [6.07, 6.45) is 0.161. The number of rotatable bonds is 3. The van der Waals surface area contributed by atoms with Crippen molar-refractivity contribution in [3.8, 4) is 5.75 Å². The molecule has 3 rings (SSSR count). The number of carbonyl (C=O) groups excluding carboxylic acids is 1. The minimum atomic E-state index is -0.455. The van der Waals surface area contributed by atoms with E-state index in [0.717, 1.165) is 16.9 Å². The second-order valence-corrected chi connectivity index (χ2v) is 5.64. The van der Waals surface area contributed by atoms with Gasteiger partial charge in [0.15, 0.2) is 6.10 Å². The molecule has 4 heteroatoms. The third-order valence-corrected chi connectivity index (χ3v) is 3.88. The molecule has 1 N–H and O–H groups in total. The van der Waals surface area contributed by atoms with E-state index in [0.29, 0.717) is 11.4 Å². The number of nitrogens with one attached hydrogen (secondary N) is 1. The van der Waals surface area contributed by atoms with E-state index in [1.165, 1.54) is 0 Å². The lowest BCUT2D eigenvalue weighted by molar-refractivity contribution is -0.127. The second kappa shape index (κ2) is 5.78. The number of amides is 1. The van der Waals surface area contributed by atoms with Crippen LogP contribution in [0, 0.1) is 0 Å². The number of para-hydroxylation sites is 1. The molecule has 2 aromatic rings. The van der Waals surface area contributed by atoms with Gasteiger partial charge in [-0.3, -0.25) is 4.79 Å². The molecule has 0 saturated carbocycles. The summed E-state index contributed by atoms with van der Waals surface area (Å²) in [6.45, 7) is 1.94. The summed E-state index contributed by atoms with van der Waals surface area (Å²) >= 11 is 5.98. The summed E-state index contributed by atoms with van der Waals surface area (Å²) in [5.41, 5.74) is 2.06. The highest BCUT2D eigenvalue weighted by Crippen LogP contribution is 2.28. The molecule has 0 unspecified atom stereocenters. The molecule has 0 fully saturated rings. The number of benzene rings is 2. The molecule has 1 heterocycles. The molecule has 2 atom stereocenters. The van der Waals surface area contributed by atoms with E-state index < -0.39 is 6.10 Å². The van der Waals surface area contributed by atoms with Crippen molar-refractivity contribution in [3.05, 3.63) is 64.7 Å². The molecule has 1 amide bonds. The molecule has 1 aliphatic rings. The van der Waals surface area contributed by atoms with E-state index in [9.17, 15) is 4.79 Å². The molecular formula is C17H16ClNO2. The largest absolute Gasteiger partial charge is 0.480 e. The molecule has 2 aromatic carbocycles. The maximum Gasteiger partial charge on any atom is 0.261 e. The zero-order valence-electron chi connectivity index (χ0n) is 11.7. The van der Waals surface area contributed by atoms with Gasteiger partial charge in [-0.2, -0.15) is 0 Å². The van der Waals surface area contributed by atoms with Gasteiger partial charge in [0.1, 0.15) is 5.75 Å². The quantitative estimate of drug-likeness (QED) is 0.942. The lowest BCUT2D eigenvalue weighted by Crippen LogP contribution is -2.38. The van der Waals surface area contributed by atoms with Crippen molar-refractivity contribution in [1.82, 2.24) is 5.32 Å². The molecule has 0 saturated heterocycles. The monoisotopic (exact) mass is 301 g/mol. The first-order valence-corrected chi connectivity index (χ1v) is 7.31. The van der Waals surface area contributed by atoms with Crippen molar-refractivity contribution in [1.29, 1.82) is 0 Å². The summed E-state index contributed by atoms with van der Waals surface area (Å²) < 4.78 is 5.69. The van der Waals surface area contributed by atoms with Crippen molar-refractivity contribution < 1.29 is 9.53 Å². The van der Waals surface area contributed by atoms with Gasteiger partial charge in [0, 0.05) is 11.4 Å². The molecule has 0 radical (unpaired) electrons. The van der Waals surface area contributed by atoms with E-state index >= 15 is 0 Å². The Kier molecular flexibility index (Phi) is 3.84. The third-order valence-electron chi connectivity index (χ3n) is 3.65. The Morgan fingerprint density at radius 1 is 1.29 bits per heavy atom. The molecule has 0 aliphatic carbocycles. The maximum absolute atomic E-state index is 12.3. The fraction of sp³-hybridized carbons (Fsp3) is 0.235. The van der Waals surface area contributed by atoms with Crippen LogP contribution < -0.4 is 10.1 Å². The summed E-state index contributed by atoms with van der Waals surface area (Å²) in [6, 6.07) is 15.1. The van der Waals surface area contributed by atoms with Crippen LogP contribution in [0.3, 0.4) is 0 Å². The Balaban J connectivity index is 1.65. The summed E-state index contributed by atoms with van der Waals surface area (Å²) in [4.78, 5) is 12.3. The van der Waals surface area contributed by atoms with Crippen LogP contribution in [0.25, 0.3) is 0 Å². The van der Waals surface area contributed by atoms with Gasteiger partial charge in [-0.15, -0.1) is 0 Å². The fourth-order valence-electron chi connectivity index (χ4n) is 2.49. The van der Waals surface area contributed by atoms with Crippen molar-refractivity contribution in [2.24, 2.45) is 0 Å². The SMILES string of the molecule is C[C@H](NC(=O)[C@H]1Cc2ccccc2O1)c1cccc(Cl)c1. The normalized spacial score (nSPS) is 17.7. The van der Waals surface area contributed by atoms with Crippen LogP contribution in [0.1, 0.15) is 24.1 Å². The standard InChI is InChI=1S/C17H16ClNO2/c1-11(12-6-4-7-14(18)9-12)19-17(20)16-10-13-5-2-3-8-15(13)21-16/h2-9,11,16H,10H2,1H3,(H,19,20)/t11-,16+/m0/s1. The Hall–Kier alpha value is -2.00. The highest BCUT2D eigenvalue weighted by atomic mass is 35.5. The maximum atomic E-state index is 12.3. The lowest BCUT2D eigenvalue weighted by atomic mass is 10.1.